The minimum Gasteiger partial charge on any atom is -0.396 e. The van der Waals surface area contributed by atoms with Crippen molar-refractivity contribution in [1.82, 2.24) is 5.32 Å². The molecule has 4 heteroatoms. The van der Waals surface area contributed by atoms with Gasteiger partial charge in [0.15, 0.2) is 0 Å². The second kappa shape index (κ2) is 9.70. The van der Waals surface area contributed by atoms with Crippen molar-refractivity contribution in [3.63, 3.8) is 0 Å². The molecule has 1 fully saturated rings. The minimum atomic E-state index is -0.763. The van der Waals surface area contributed by atoms with Crippen LogP contribution in [-0.2, 0) is 4.74 Å². The Morgan fingerprint density at radius 3 is 2.53 bits per heavy atom. The normalized spacial score (nSPS) is 27.9. The fourth-order valence-electron chi connectivity index (χ4n) is 2.37. The van der Waals surface area contributed by atoms with Gasteiger partial charge in [-0.1, -0.05) is 27.2 Å². The van der Waals surface area contributed by atoms with E-state index in [1.165, 1.54) is 0 Å². The first-order chi connectivity index (χ1) is 8.99. The lowest BCUT2D eigenvalue weighted by molar-refractivity contribution is -0.129. The van der Waals surface area contributed by atoms with Crippen LogP contribution in [0.25, 0.3) is 0 Å². The highest BCUT2D eigenvalue weighted by atomic mass is 16.5. The van der Waals surface area contributed by atoms with Crippen LogP contribution >= 0.6 is 0 Å². The summed E-state index contributed by atoms with van der Waals surface area (Å²) in [5.41, 5.74) is -0.763. The number of aliphatic hydroxyl groups excluding tert-OH is 1. The average molecular weight is 275 g/mol. The number of nitrogens with one attached hydrogen (secondary N) is 1. The predicted octanol–water partition coefficient (Wildman–Crippen LogP) is 1.94. The molecular formula is C15H33NO3. The van der Waals surface area contributed by atoms with E-state index in [9.17, 15) is 5.11 Å². The zero-order valence-corrected chi connectivity index (χ0v) is 13.3. The second-order valence-corrected chi connectivity index (χ2v) is 5.45. The van der Waals surface area contributed by atoms with E-state index in [1.807, 2.05) is 27.7 Å². The predicted molar refractivity (Wildman–Crippen MR) is 79.3 cm³/mol. The van der Waals surface area contributed by atoms with Gasteiger partial charge < -0.3 is 20.3 Å². The molecule has 4 nitrogen and oxygen atoms in total. The Morgan fingerprint density at radius 2 is 2.00 bits per heavy atom. The molecule has 0 bridgehead atoms. The first kappa shape index (κ1) is 18.8. The summed E-state index contributed by atoms with van der Waals surface area (Å²) in [4.78, 5) is 0. The highest BCUT2D eigenvalue weighted by Gasteiger charge is 2.32. The van der Waals surface area contributed by atoms with Crippen LogP contribution in [0.3, 0.4) is 0 Å². The van der Waals surface area contributed by atoms with Gasteiger partial charge in [0.25, 0.3) is 0 Å². The SMILES string of the molecule is CC.CCC[C@@](C)(O)C(C)OC1CNCC(CO)C1. The first-order valence-corrected chi connectivity index (χ1v) is 7.69. The number of aliphatic hydroxyl groups is 2. The fraction of sp³-hybridized carbons (Fsp3) is 1.00. The van der Waals surface area contributed by atoms with Crippen molar-refractivity contribution in [1.29, 1.82) is 0 Å². The molecule has 0 aromatic carbocycles. The molecule has 1 saturated heterocycles. The molecule has 0 radical (unpaired) electrons. The van der Waals surface area contributed by atoms with Crippen LogP contribution in [0, 0.1) is 5.92 Å². The third kappa shape index (κ3) is 6.70. The Labute approximate surface area is 118 Å². The summed E-state index contributed by atoms with van der Waals surface area (Å²) in [5.74, 6) is 0.275. The van der Waals surface area contributed by atoms with Crippen molar-refractivity contribution >= 4 is 0 Å². The van der Waals surface area contributed by atoms with Crippen LogP contribution in [0.5, 0.6) is 0 Å². The van der Waals surface area contributed by atoms with Crippen molar-refractivity contribution in [3.8, 4) is 0 Å². The minimum absolute atomic E-state index is 0.0965. The smallest absolute Gasteiger partial charge is 0.0877 e. The maximum Gasteiger partial charge on any atom is 0.0877 e. The number of hydrogen-bond acceptors (Lipinski definition) is 4. The number of ether oxygens (including phenoxy) is 1. The third-order valence-electron chi connectivity index (χ3n) is 3.69. The van der Waals surface area contributed by atoms with E-state index in [4.69, 9.17) is 9.84 Å². The zero-order valence-electron chi connectivity index (χ0n) is 13.3. The fourth-order valence-corrected chi connectivity index (χ4v) is 2.37. The molecule has 116 valence electrons. The van der Waals surface area contributed by atoms with Gasteiger partial charge in [-0.15, -0.1) is 0 Å². The van der Waals surface area contributed by atoms with E-state index < -0.39 is 5.60 Å². The molecule has 0 aromatic rings. The van der Waals surface area contributed by atoms with Gasteiger partial charge in [0.2, 0.25) is 0 Å². The van der Waals surface area contributed by atoms with E-state index in [1.54, 1.807) is 0 Å². The van der Waals surface area contributed by atoms with Crippen LogP contribution < -0.4 is 5.32 Å². The van der Waals surface area contributed by atoms with E-state index in [0.29, 0.717) is 0 Å². The molecule has 1 aliphatic rings. The molecular weight excluding hydrogens is 242 g/mol. The molecule has 1 aliphatic heterocycles. The number of hydrogen-bond donors (Lipinski definition) is 3. The van der Waals surface area contributed by atoms with Crippen LogP contribution in [0.4, 0.5) is 0 Å². The van der Waals surface area contributed by atoms with E-state index in [-0.39, 0.29) is 24.7 Å². The molecule has 3 unspecified atom stereocenters. The highest BCUT2D eigenvalue weighted by Crippen LogP contribution is 2.23. The lowest BCUT2D eigenvalue weighted by Gasteiger charge is -2.36. The Kier molecular flexibility index (Phi) is 9.62. The van der Waals surface area contributed by atoms with E-state index >= 15 is 0 Å². The zero-order chi connectivity index (χ0) is 14.9. The monoisotopic (exact) mass is 275 g/mol. The average Bonchev–Trinajstić information content (AvgIpc) is 2.41. The molecule has 0 saturated carbocycles. The molecule has 0 spiro atoms. The van der Waals surface area contributed by atoms with Crippen molar-refractivity contribution in [2.75, 3.05) is 19.7 Å². The lowest BCUT2D eigenvalue weighted by Crippen LogP contribution is -2.47. The van der Waals surface area contributed by atoms with E-state index in [0.717, 1.165) is 32.4 Å². The molecule has 4 atom stereocenters. The summed E-state index contributed by atoms with van der Waals surface area (Å²) < 4.78 is 5.92. The summed E-state index contributed by atoms with van der Waals surface area (Å²) in [6.07, 6.45) is 2.49. The van der Waals surface area contributed by atoms with Gasteiger partial charge in [-0.2, -0.15) is 0 Å². The van der Waals surface area contributed by atoms with Crippen molar-refractivity contribution < 1.29 is 14.9 Å². The topological polar surface area (TPSA) is 61.7 Å². The van der Waals surface area contributed by atoms with Gasteiger partial charge in [0.1, 0.15) is 0 Å². The van der Waals surface area contributed by atoms with Gasteiger partial charge in [-0.25, -0.2) is 0 Å². The molecule has 1 heterocycles. The molecule has 0 aromatic heterocycles. The first-order valence-electron chi connectivity index (χ1n) is 7.69. The van der Waals surface area contributed by atoms with Crippen molar-refractivity contribution in [2.45, 2.75) is 71.7 Å². The molecule has 0 amide bonds. The number of rotatable bonds is 6. The Hall–Kier alpha value is -0.160. The molecule has 0 aliphatic carbocycles. The van der Waals surface area contributed by atoms with Gasteiger partial charge in [-0.3, -0.25) is 0 Å². The molecule has 3 N–H and O–H groups in total. The van der Waals surface area contributed by atoms with Gasteiger partial charge >= 0.3 is 0 Å². The van der Waals surface area contributed by atoms with Crippen molar-refractivity contribution in [2.24, 2.45) is 5.92 Å². The summed E-state index contributed by atoms with van der Waals surface area (Å²) in [6, 6.07) is 0. The van der Waals surface area contributed by atoms with E-state index in [2.05, 4.69) is 12.2 Å². The molecule has 19 heavy (non-hydrogen) atoms. The summed E-state index contributed by atoms with van der Waals surface area (Å²) >= 11 is 0. The number of piperidine rings is 1. The third-order valence-corrected chi connectivity index (χ3v) is 3.69. The van der Waals surface area contributed by atoms with Crippen LogP contribution in [0.15, 0.2) is 0 Å². The van der Waals surface area contributed by atoms with Gasteiger partial charge in [0.05, 0.1) is 17.8 Å². The van der Waals surface area contributed by atoms with Crippen LogP contribution in [0.1, 0.15) is 53.9 Å². The van der Waals surface area contributed by atoms with Gasteiger partial charge in [-0.05, 0) is 32.6 Å². The summed E-state index contributed by atoms with van der Waals surface area (Å²) in [5, 5.41) is 22.6. The summed E-state index contributed by atoms with van der Waals surface area (Å²) in [6.45, 7) is 11.7. The van der Waals surface area contributed by atoms with Crippen molar-refractivity contribution in [3.05, 3.63) is 0 Å². The van der Waals surface area contributed by atoms with Crippen LogP contribution in [-0.4, -0.2) is 47.7 Å². The van der Waals surface area contributed by atoms with Crippen LogP contribution in [0.2, 0.25) is 0 Å². The quantitative estimate of drug-likeness (QED) is 0.693. The standard InChI is InChI=1S/C13H27NO3.C2H6/c1-4-5-13(3,16)10(2)17-12-6-11(9-15)7-14-8-12;1-2/h10-12,14-16H,4-9H2,1-3H3;1-2H3/t10?,11?,12?,13-;/m1./s1. The molecule has 1 rings (SSSR count). The maximum absolute atomic E-state index is 10.2. The highest BCUT2D eigenvalue weighted by molar-refractivity contribution is 4.83. The largest absolute Gasteiger partial charge is 0.396 e. The van der Waals surface area contributed by atoms with Gasteiger partial charge in [0, 0.05) is 19.7 Å². The maximum atomic E-state index is 10.2. The second-order valence-electron chi connectivity index (χ2n) is 5.45. The summed E-state index contributed by atoms with van der Waals surface area (Å²) in [7, 11) is 0. The lowest BCUT2D eigenvalue weighted by atomic mass is 9.93. The Morgan fingerprint density at radius 1 is 1.37 bits per heavy atom. The Balaban J connectivity index is 0.00000154. The Bertz CT molecular complexity index is 221.